The number of nitriles is 1. The van der Waals surface area contributed by atoms with Gasteiger partial charge in [0.05, 0.1) is 21.9 Å². The second kappa shape index (κ2) is 6.12. The number of hydrogen-bond donors (Lipinski definition) is 0. The van der Waals surface area contributed by atoms with Gasteiger partial charge >= 0.3 is 6.18 Å². The summed E-state index contributed by atoms with van der Waals surface area (Å²) in [5.74, 6) is -0.946. The number of carbonyl (C=O) groups is 1. The molecule has 0 N–H and O–H groups in total. The molecule has 1 saturated carbocycles. The van der Waals surface area contributed by atoms with Gasteiger partial charge in [0.1, 0.15) is 5.75 Å². The number of fused-ring (bicyclic) bond motifs is 1. The third-order valence-corrected chi connectivity index (χ3v) is 6.14. The number of rotatable bonds is 4. The van der Waals surface area contributed by atoms with Crippen molar-refractivity contribution in [2.75, 3.05) is 19.3 Å². The minimum Gasteiger partial charge on any atom is -0.480 e. The van der Waals surface area contributed by atoms with Gasteiger partial charge in [0.2, 0.25) is 0 Å². The molecular weight excluding hydrogens is 385 g/mol. The van der Waals surface area contributed by atoms with Gasteiger partial charge in [-0.2, -0.15) is 18.4 Å². The molecule has 0 radical (unpaired) electrons. The zero-order valence-corrected chi connectivity index (χ0v) is 15.4. The number of piperidine rings is 1. The molecule has 2 fully saturated rings. The van der Waals surface area contributed by atoms with E-state index in [4.69, 9.17) is 4.74 Å². The lowest BCUT2D eigenvalue weighted by Crippen LogP contribution is -2.34. The van der Waals surface area contributed by atoms with Crippen LogP contribution in [0.3, 0.4) is 0 Å². The number of sulfone groups is 1. The smallest absolute Gasteiger partial charge is 0.425 e. The Morgan fingerprint density at radius 2 is 2.11 bits per heavy atom. The quantitative estimate of drug-likeness (QED) is 0.772. The molecular formula is C17H17F3N2O4S. The molecule has 2 unspecified atom stereocenters. The summed E-state index contributed by atoms with van der Waals surface area (Å²) in [6, 6.07) is 5.37. The molecule has 1 aromatic rings. The number of benzene rings is 1. The van der Waals surface area contributed by atoms with E-state index in [1.54, 1.807) is 0 Å². The third-order valence-electron chi connectivity index (χ3n) is 5.03. The number of ether oxygens (including phenoxy) is 1. The van der Waals surface area contributed by atoms with Crippen molar-refractivity contribution in [3.63, 3.8) is 0 Å². The number of carbonyl (C=O) groups excluding carboxylic acids is 1. The van der Waals surface area contributed by atoms with E-state index >= 15 is 0 Å². The van der Waals surface area contributed by atoms with E-state index in [0.717, 1.165) is 31.4 Å². The Morgan fingerprint density at radius 1 is 1.44 bits per heavy atom. The van der Waals surface area contributed by atoms with Crippen molar-refractivity contribution >= 4 is 15.7 Å². The maximum Gasteiger partial charge on any atom is 0.425 e. The van der Waals surface area contributed by atoms with Crippen LogP contribution in [0.15, 0.2) is 23.1 Å². The monoisotopic (exact) mass is 402 g/mol. The average molecular weight is 402 g/mol. The molecule has 3 atom stereocenters. The van der Waals surface area contributed by atoms with Crippen molar-refractivity contribution < 1.29 is 31.1 Å². The standard InChI is InChI=1S/C17H17F3N2O4S/c1-10(17(18,19)20)26-14-4-3-12(27(2,24)25)5-13(14)15(23)22-7-11-6-16(11,8-21)9-22/h3-5,10-11H,6-7,9H2,1-2H3/t10-,11?,16?/m1/s1. The maximum atomic E-state index is 12.9. The fourth-order valence-corrected chi connectivity index (χ4v) is 3.90. The van der Waals surface area contributed by atoms with Gasteiger partial charge in [-0.15, -0.1) is 0 Å². The van der Waals surface area contributed by atoms with Crippen molar-refractivity contribution in [1.29, 1.82) is 5.26 Å². The highest BCUT2D eigenvalue weighted by atomic mass is 32.2. The van der Waals surface area contributed by atoms with Gasteiger partial charge in [-0.3, -0.25) is 4.79 Å². The number of halogens is 3. The van der Waals surface area contributed by atoms with Crippen LogP contribution in [-0.4, -0.2) is 50.9 Å². The SMILES string of the molecule is C[C@@H](Oc1ccc(S(C)(=O)=O)cc1C(=O)N1CC2CC2(C#N)C1)C(F)(F)F. The number of hydrogen-bond acceptors (Lipinski definition) is 5. The van der Waals surface area contributed by atoms with Crippen molar-refractivity contribution in [2.45, 2.75) is 30.5 Å². The molecule has 1 aliphatic heterocycles. The normalized spacial score (nSPS) is 25.5. The van der Waals surface area contributed by atoms with E-state index in [1.807, 2.05) is 0 Å². The summed E-state index contributed by atoms with van der Waals surface area (Å²) in [6.45, 7) is 1.28. The molecule has 0 spiro atoms. The maximum absolute atomic E-state index is 12.9. The first kappa shape index (κ1) is 19.5. The predicted molar refractivity (Wildman–Crippen MR) is 87.8 cm³/mol. The van der Waals surface area contributed by atoms with Gasteiger partial charge < -0.3 is 9.64 Å². The Bertz CT molecular complexity index is 938. The first-order valence-corrected chi connectivity index (χ1v) is 10.0. The van der Waals surface area contributed by atoms with E-state index in [9.17, 15) is 31.6 Å². The van der Waals surface area contributed by atoms with Crippen LogP contribution in [0.5, 0.6) is 5.75 Å². The largest absolute Gasteiger partial charge is 0.480 e. The molecule has 3 rings (SSSR count). The summed E-state index contributed by atoms with van der Waals surface area (Å²) in [7, 11) is -3.68. The summed E-state index contributed by atoms with van der Waals surface area (Å²) in [6.07, 6.45) is -5.20. The summed E-state index contributed by atoms with van der Waals surface area (Å²) in [5.41, 5.74) is -0.854. The first-order chi connectivity index (χ1) is 12.4. The Balaban J connectivity index is 1.95. The highest BCUT2D eigenvalue weighted by molar-refractivity contribution is 7.90. The zero-order valence-electron chi connectivity index (χ0n) is 14.6. The summed E-state index contributed by atoms with van der Waals surface area (Å²) in [5, 5.41) is 9.23. The van der Waals surface area contributed by atoms with Crippen LogP contribution in [0.2, 0.25) is 0 Å². The van der Waals surface area contributed by atoms with Gasteiger partial charge in [-0.05, 0) is 37.5 Å². The van der Waals surface area contributed by atoms with Crippen molar-refractivity contribution in [2.24, 2.45) is 11.3 Å². The fourth-order valence-electron chi connectivity index (χ4n) is 3.25. The van der Waals surface area contributed by atoms with Crippen LogP contribution in [0, 0.1) is 22.7 Å². The Morgan fingerprint density at radius 3 is 2.63 bits per heavy atom. The van der Waals surface area contributed by atoms with Crippen molar-refractivity contribution in [3.8, 4) is 11.8 Å². The molecule has 27 heavy (non-hydrogen) atoms. The van der Waals surface area contributed by atoms with Crippen molar-refractivity contribution in [3.05, 3.63) is 23.8 Å². The minimum absolute atomic E-state index is 0.0445. The molecule has 0 aromatic heterocycles. The van der Waals surface area contributed by atoms with E-state index in [0.29, 0.717) is 13.0 Å². The van der Waals surface area contributed by atoms with E-state index in [2.05, 4.69) is 6.07 Å². The topological polar surface area (TPSA) is 87.5 Å². The fraction of sp³-hybridized carbons (Fsp3) is 0.529. The first-order valence-electron chi connectivity index (χ1n) is 8.15. The summed E-state index contributed by atoms with van der Waals surface area (Å²) >= 11 is 0. The lowest BCUT2D eigenvalue weighted by molar-refractivity contribution is -0.189. The molecule has 146 valence electrons. The molecule has 1 heterocycles. The third kappa shape index (κ3) is 3.60. The van der Waals surface area contributed by atoms with E-state index in [-0.39, 0.29) is 28.7 Å². The molecule has 1 saturated heterocycles. The van der Waals surface area contributed by atoms with Crippen LogP contribution < -0.4 is 4.74 Å². The second-order valence-corrected chi connectivity index (χ2v) is 9.10. The van der Waals surface area contributed by atoms with Gasteiger partial charge in [0, 0.05) is 19.3 Å². The summed E-state index contributed by atoms with van der Waals surface area (Å²) in [4.78, 5) is 14.0. The molecule has 1 aromatic carbocycles. The zero-order chi connectivity index (χ0) is 20.2. The number of likely N-dealkylation sites (tertiary alicyclic amines) is 1. The second-order valence-electron chi connectivity index (χ2n) is 7.09. The molecule has 1 amide bonds. The van der Waals surface area contributed by atoms with Gasteiger partial charge in [0.15, 0.2) is 15.9 Å². The molecule has 6 nitrogen and oxygen atoms in total. The minimum atomic E-state index is -4.64. The molecule has 1 aliphatic carbocycles. The van der Waals surface area contributed by atoms with Crippen LogP contribution in [0.25, 0.3) is 0 Å². The van der Waals surface area contributed by atoms with E-state index < -0.39 is 33.4 Å². The Hall–Kier alpha value is -2.28. The van der Waals surface area contributed by atoms with E-state index in [1.165, 1.54) is 4.90 Å². The Labute approximate surface area is 154 Å². The lowest BCUT2D eigenvalue weighted by atomic mass is 10.1. The molecule has 10 heteroatoms. The number of alkyl halides is 3. The van der Waals surface area contributed by atoms with Crippen LogP contribution in [0.1, 0.15) is 23.7 Å². The average Bonchev–Trinajstić information content (AvgIpc) is 3.13. The molecule has 0 bridgehead atoms. The van der Waals surface area contributed by atoms with Gasteiger partial charge in [-0.1, -0.05) is 0 Å². The van der Waals surface area contributed by atoms with Crippen LogP contribution in [0.4, 0.5) is 13.2 Å². The number of amides is 1. The van der Waals surface area contributed by atoms with Crippen LogP contribution >= 0.6 is 0 Å². The van der Waals surface area contributed by atoms with Gasteiger partial charge in [-0.25, -0.2) is 8.42 Å². The lowest BCUT2D eigenvalue weighted by Gasteiger charge is -2.23. The van der Waals surface area contributed by atoms with Gasteiger partial charge in [0.25, 0.3) is 5.91 Å². The number of nitrogens with zero attached hydrogens (tertiary/aromatic N) is 2. The Kier molecular flexibility index (Phi) is 4.42. The molecule has 2 aliphatic rings. The summed E-state index contributed by atoms with van der Waals surface area (Å²) < 4.78 is 67.0. The van der Waals surface area contributed by atoms with Crippen LogP contribution in [-0.2, 0) is 9.84 Å². The highest BCUT2D eigenvalue weighted by Gasteiger charge is 2.61. The van der Waals surface area contributed by atoms with Crippen molar-refractivity contribution in [1.82, 2.24) is 4.90 Å². The highest BCUT2D eigenvalue weighted by Crippen LogP contribution is 2.57. The predicted octanol–water partition coefficient (Wildman–Crippen LogP) is 2.41.